The van der Waals surface area contributed by atoms with E-state index in [0.717, 1.165) is 18.9 Å². The van der Waals surface area contributed by atoms with E-state index in [1.807, 2.05) is 0 Å². The standard InChI is InChI=1S/C21H33NO2/c1-14-6-9-22(10-7-14)13-17-16-11-18-15(2)5-4-8-21(18,3)12-19(16)24-20(17)23/h11,14-17,19H,4-10,12-13H2,1-3H3/p+1/t15-,16-,17+,19+,21+/m1/s1. The molecule has 0 aromatic heterocycles. The number of hydrogen-bond donors (Lipinski definition) is 1. The molecule has 4 aliphatic rings. The first-order valence-corrected chi connectivity index (χ1v) is 10.2. The molecule has 0 radical (unpaired) electrons. The highest BCUT2D eigenvalue weighted by Crippen LogP contribution is 2.53. The molecule has 0 bridgehead atoms. The van der Waals surface area contributed by atoms with Crippen molar-refractivity contribution in [3.05, 3.63) is 11.6 Å². The number of quaternary nitrogens is 1. The molecule has 0 amide bonds. The molecule has 2 heterocycles. The van der Waals surface area contributed by atoms with E-state index < -0.39 is 0 Å². The number of ether oxygens (including phenoxy) is 1. The number of allylic oxidation sites excluding steroid dienone is 1. The zero-order valence-corrected chi connectivity index (χ0v) is 15.6. The Balaban J connectivity index is 1.53. The van der Waals surface area contributed by atoms with Crippen molar-refractivity contribution in [2.24, 2.45) is 29.1 Å². The molecule has 2 saturated heterocycles. The van der Waals surface area contributed by atoms with Gasteiger partial charge < -0.3 is 9.64 Å². The third-order valence-electron chi connectivity index (χ3n) is 7.57. The molecule has 3 nitrogen and oxygen atoms in total. The first-order chi connectivity index (χ1) is 11.5. The molecule has 3 fully saturated rings. The summed E-state index contributed by atoms with van der Waals surface area (Å²) in [6.07, 6.45) is 10.2. The third kappa shape index (κ3) is 2.83. The van der Waals surface area contributed by atoms with Crippen molar-refractivity contribution in [1.82, 2.24) is 0 Å². The molecule has 4 rings (SSSR count). The van der Waals surface area contributed by atoms with E-state index in [0.29, 0.717) is 11.8 Å². The highest BCUT2D eigenvalue weighted by molar-refractivity contribution is 5.76. The monoisotopic (exact) mass is 332 g/mol. The van der Waals surface area contributed by atoms with Gasteiger partial charge in [-0.15, -0.1) is 0 Å². The molecule has 24 heavy (non-hydrogen) atoms. The minimum atomic E-state index is 0.0860. The topological polar surface area (TPSA) is 30.7 Å². The van der Waals surface area contributed by atoms with Crippen LogP contribution in [0, 0.1) is 29.1 Å². The summed E-state index contributed by atoms with van der Waals surface area (Å²) in [5.41, 5.74) is 1.92. The van der Waals surface area contributed by atoms with Crippen LogP contribution in [0.1, 0.15) is 59.3 Å². The van der Waals surface area contributed by atoms with E-state index in [1.54, 1.807) is 10.5 Å². The van der Waals surface area contributed by atoms with Crippen molar-refractivity contribution in [2.45, 2.75) is 65.4 Å². The average Bonchev–Trinajstić information content (AvgIpc) is 2.82. The van der Waals surface area contributed by atoms with Crippen LogP contribution in [-0.4, -0.2) is 31.7 Å². The van der Waals surface area contributed by atoms with Gasteiger partial charge in [0, 0.05) is 5.92 Å². The Hall–Kier alpha value is -0.830. The number of likely N-dealkylation sites (tertiary alicyclic amines) is 1. The minimum absolute atomic E-state index is 0.0860. The zero-order valence-electron chi connectivity index (χ0n) is 15.6. The quantitative estimate of drug-likeness (QED) is 0.622. The predicted molar refractivity (Wildman–Crippen MR) is 94.6 cm³/mol. The number of hydrogen-bond acceptors (Lipinski definition) is 2. The van der Waals surface area contributed by atoms with Crippen molar-refractivity contribution in [3.63, 3.8) is 0 Å². The summed E-state index contributed by atoms with van der Waals surface area (Å²) < 4.78 is 5.89. The summed E-state index contributed by atoms with van der Waals surface area (Å²) in [4.78, 5) is 14.2. The second kappa shape index (κ2) is 6.16. The van der Waals surface area contributed by atoms with Crippen LogP contribution in [0.4, 0.5) is 0 Å². The van der Waals surface area contributed by atoms with Gasteiger partial charge in [0.25, 0.3) is 0 Å². The second-order valence-electron chi connectivity index (χ2n) is 9.48. The van der Waals surface area contributed by atoms with Crippen molar-refractivity contribution < 1.29 is 14.4 Å². The van der Waals surface area contributed by atoms with Crippen molar-refractivity contribution >= 4 is 5.97 Å². The molecule has 134 valence electrons. The Bertz CT molecular complexity index is 534. The van der Waals surface area contributed by atoms with E-state index in [2.05, 4.69) is 26.8 Å². The van der Waals surface area contributed by atoms with Gasteiger partial charge in [0.1, 0.15) is 12.0 Å². The van der Waals surface area contributed by atoms with Crippen LogP contribution >= 0.6 is 0 Å². The fourth-order valence-electron chi connectivity index (χ4n) is 5.97. The highest BCUT2D eigenvalue weighted by Gasteiger charge is 2.52. The Labute approximate surface area is 146 Å². The average molecular weight is 333 g/mol. The Morgan fingerprint density at radius 2 is 2.00 bits per heavy atom. The predicted octanol–water partition coefficient (Wildman–Crippen LogP) is 2.62. The van der Waals surface area contributed by atoms with Gasteiger partial charge in [-0.25, -0.2) is 0 Å². The van der Waals surface area contributed by atoms with Crippen LogP contribution in [0.3, 0.4) is 0 Å². The minimum Gasteiger partial charge on any atom is -0.461 e. The van der Waals surface area contributed by atoms with Gasteiger partial charge >= 0.3 is 5.97 Å². The molecule has 2 aliphatic carbocycles. The Morgan fingerprint density at radius 3 is 2.75 bits per heavy atom. The smallest absolute Gasteiger partial charge is 0.315 e. The maximum atomic E-state index is 12.6. The number of fused-ring (bicyclic) bond motifs is 2. The molecule has 3 heteroatoms. The fraction of sp³-hybridized carbons (Fsp3) is 0.857. The zero-order chi connectivity index (χ0) is 16.9. The number of carbonyl (C=O) groups is 1. The summed E-state index contributed by atoms with van der Waals surface area (Å²) in [5, 5.41) is 0. The van der Waals surface area contributed by atoms with Crippen LogP contribution in [0.25, 0.3) is 0 Å². The third-order valence-corrected chi connectivity index (χ3v) is 7.57. The largest absolute Gasteiger partial charge is 0.461 e. The SMILES string of the molecule is CC1CC[NH+](C[C@@H]2C(=O)O[C@H]3C[C@]4(C)CCC[C@@H](C)C4=C[C@@H]32)CC1. The van der Waals surface area contributed by atoms with E-state index >= 15 is 0 Å². The van der Waals surface area contributed by atoms with Crippen LogP contribution in [0.15, 0.2) is 11.6 Å². The van der Waals surface area contributed by atoms with Crippen LogP contribution in [-0.2, 0) is 9.53 Å². The molecule has 1 saturated carbocycles. The first kappa shape index (κ1) is 16.6. The number of carbonyl (C=O) groups excluding carboxylic acids is 1. The summed E-state index contributed by atoms with van der Waals surface area (Å²) in [6.45, 7) is 10.6. The second-order valence-corrected chi connectivity index (χ2v) is 9.48. The van der Waals surface area contributed by atoms with E-state index in [9.17, 15) is 4.79 Å². The maximum Gasteiger partial charge on any atom is 0.315 e. The van der Waals surface area contributed by atoms with Gasteiger partial charge in [-0.1, -0.05) is 38.8 Å². The number of piperidine rings is 1. The van der Waals surface area contributed by atoms with Crippen LogP contribution in [0.5, 0.6) is 0 Å². The lowest BCUT2D eigenvalue weighted by Gasteiger charge is -2.46. The van der Waals surface area contributed by atoms with Crippen molar-refractivity contribution in [3.8, 4) is 0 Å². The lowest BCUT2D eigenvalue weighted by atomic mass is 9.59. The highest BCUT2D eigenvalue weighted by atomic mass is 16.6. The van der Waals surface area contributed by atoms with Crippen molar-refractivity contribution in [1.29, 1.82) is 0 Å². The molecule has 0 unspecified atom stereocenters. The van der Waals surface area contributed by atoms with E-state index in [4.69, 9.17) is 4.74 Å². The summed E-state index contributed by atoms with van der Waals surface area (Å²) >= 11 is 0. The lowest BCUT2D eigenvalue weighted by molar-refractivity contribution is -0.908. The van der Waals surface area contributed by atoms with E-state index in [1.165, 1.54) is 45.2 Å². The van der Waals surface area contributed by atoms with Crippen LogP contribution in [0.2, 0.25) is 0 Å². The summed E-state index contributed by atoms with van der Waals surface area (Å²) in [7, 11) is 0. The van der Waals surface area contributed by atoms with Gasteiger partial charge in [0.15, 0.2) is 0 Å². The normalized spacial score (nSPS) is 48.3. The molecular formula is C21H34NO2+. The molecular weight excluding hydrogens is 298 g/mol. The number of rotatable bonds is 2. The number of esters is 1. The molecule has 2 aliphatic heterocycles. The molecule has 5 atom stereocenters. The molecule has 1 N–H and O–H groups in total. The molecule has 0 aromatic rings. The fourth-order valence-corrected chi connectivity index (χ4v) is 5.97. The summed E-state index contributed by atoms with van der Waals surface area (Å²) in [5.74, 6) is 2.07. The maximum absolute atomic E-state index is 12.6. The Kier molecular flexibility index (Phi) is 4.27. The first-order valence-electron chi connectivity index (χ1n) is 10.2. The van der Waals surface area contributed by atoms with Gasteiger partial charge in [-0.05, 0) is 49.4 Å². The Morgan fingerprint density at radius 1 is 1.25 bits per heavy atom. The number of nitrogens with one attached hydrogen (secondary N) is 1. The molecule has 0 aromatic carbocycles. The van der Waals surface area contributed by atoms with Crippen LogP contribution < -0.4 is 4.90 Å². The van der Waals surface area contributed by atoms with E-state index in [-0.39, 0.29) is 23.4 Å². The van der Waals surface area contributed by atoms with Gasteiger partial charge in [0.05, 0.1) is 19.6 Å². The van der Waals surface area contributed by atoms with Gasteiger partial charge in [-0.3, -0.25) is 4.79 Å². The van der Waals surface area contributed by atoms with Crippen molar-refractivity contribution in [2.75, 3.05) is 19.6 Å². The molecule has 0 spiro atoms. The summed E-state index contributed by atoms with van der Waals surface area (Å²) in [6, 6.07) is 0. The van der Waals surface area contributed by atoms with Gasteiger partial charge in [0.2, 0.25) is 0 Å². The lowest BCUT2D eigenvalue weighted by Crippen LogP contribution is -3.13. The van der Waals surface area contributed by atoms with Gasteiger partial charge in [-0.2, -0.15) is 0 Å².